The Bertz CT molecular complexity index is 684. The molecule has 2 N–H and O–H groups in total. The third-order valence-corrected chi connectivity index (χ3v) is 4.75. The molecule has 1 amide bonds. The van der Waals surface area contributed by atoms with Gasteiger partial charge in [-0.3, -0.25) is 4.79 Å². The van der Waals surface area contributed by atoms with E-state index >= 15 is 0 Å². The van der Waals surface area contributed by atoms with Crippen molar-refractivity contribution in [3.8, 4) is 0 Å². The molecule has 3 rings (SSSR count). The molecule has 1 aliphatic heterocycles. The Hall–Kier alpha value is -1.81. The van der Waals surface area contributed by atoms with Crippen molar-refractivity contribution < 1.29 is 4.79 Å². The maximum atomic E-state index is 12.4. The van der Waals surface area contributed by atoms with Gasteiger partial charge in [0.1, 0.15) is 6.04 Å². The standard InChI is InChI=1S/C17H17BrN2O/c1-11-13(18)6-4-8-14(11)19-16-10-9-12-5-2-3-7-15(12)20-17(16)21/h2-8,16,19H,9-10H2,1H3,(H,20,21). The Morgan fingerprint density at radius 2 is 2.00 bits per heavy atom. The van der Waals surface area contributed by atoms with Gasteiger partial charge in [0.05, 0.1) is 0 Å². The topological polar surface area (TPSA) is 41.1 Å². The zero-order valence-corrected chi connectivity index (χ0v) is 13.4. The highest BCUT2D eigenvalue weighted by Gasteiger charge is 2.23. The number of anilines is 2. The van der Waals surface area contributed by atoms with Crippen LogP contribution >= 0.6 is 15.9 Å². The molecule has 0 aliphatic carbocycles. The van der Waals surface area contributed by atoms with Crippen LogP contribution in [-0.4, -0.2) is 11.9 Å². The SMILES string of the molecule is Cc1c(Br)cccc1NC1CCc2ccccc2NC1=O. The lowest BCUT2D eigenvalue weighted by atomic mass is 10.1. The number of para-hydroxylation sites is 1. The van der Waals surface area contributed by atoms with E-state index in [-0.39, 0.29) is 11.9 Å². The lowest BCUT2D eigenvalue weighted by Crippen LogP contribution is -2.33. The lowest BCUT2D eigenvalue weighted by Gasteiger charge is -2.18. The van der Waals surface area contributed by atoms with Crippen LogP contribution in [0.3, 0.4) is 0 Å². The summed E-state index contributed by atoms with van der Waals surface area (Å²) in [5, 5.41) is 6.39. The smallest absolute Gasteiger partial charge is 0.246 e. The summed E-state index contributed by atoms with van der Waals surface area (Å²) < 4.78 is 1.05. The van der Waals surface area contributed by atoms with Crippen molar-refractivity contribution in [1.29, 1.82) is 0 Å². The molecule has 2 aromatic carbocycles. The third-order valence-electron chi connectivity index (χ3n) is 3.89. The number of hydrogen-bond donors (Lipinski definition) is 2. The summed E-state index contributed by atoms with van der Waals surface area (Å²) >= 11 is 3.52. The lowest BCUT2D eigenvalue weighted by molar-refractivity contribution is -0.116. The highest BCUT2D eigenvalue weighted by atomic mass is 79.9. The van der Waals surface area contributed by atoms with Gasteiger partial charge in [0, 0.05) is 15.8 Å². The monoisotopic (exact) mass is 344 g/mol. The number of aryl methyl sites for hydroxylation is 1. The first-order chi connectivity index (χ1) is 10.1. The van der Waals surface area contributed by atoms with Crippen molar-refractivity contribution in [3.63, 3.8) is 0 Å². The summed E-state index contributed by atoms with van der Waals surface area (Å²) in [6.45, 7) is 2.04. The zero-order chi connectivity index (χ0) is 14.8. The molecule has 2 aromatic rings. The van der Waals surface area contributed by atoms with Gasteiger partial charge in [-0.05, 0) is 49.1 Å². The van der Waals surface area contributed by atoms with E-state index in [0.717, 1.165) is 34.3 Å². The van der Waals surface area contributed by atoms with Crippen molar-refractivity contribution in [1.82, 2.24) is 0 Å². The molecule has 0 saturated heterocycles. The average molecular weight is 345 g/mol. The number of carbonyl (C=O) groups is 1. The molecular weight excluding hydrogens is 328 g/mol. The molecule has 1 atom stereocenters. The highest BCUT2D eigenvalue weighted by Crippen LogP contribution is 2.27. The van der Waals surface area contributed by atoms with Gasteiger partial charge in [0.15, 0.2) is 0 Å². The van der Waals surface area contributed by atoms with Crippen molar-refractivity contribution in [2.24, 2.45) is 0 Å². The van der Waals surface area contributed by atoms with Gasteiger partial charge in [0.25, 0.3) is 0 Å². The second-order valence-corrected chi connectivity index (χ2v) is 6.15. The van der Waals surface area contributed by atoms with Gasteiger partial charge < -0.3 is 10.6 Å². The maximum absolute atomic E-state index is 12.4. The van der Waals surface area contributed by atoms with E-state index in [9.17, 15) is 4.79 Å². The van der Waals surface area contributed by atoms with E-state index in [1.807, 2.05) is 43.3 Å². The number of benzene rings is 2. The molecule has 1 unspecified atom stereocenters. The number of nitrogens with one attached hydrogen (secondary N) is 2. The van der Waals surface area contributed by atoms with E-state index in [4.69, 9.17) is 0 Å². The van der Waals surface area contributed by atoms with Crippen molar-refractivity contribution in [2.75, 3.05) is 10.6 Å². The van der Waals surface area contributed by atoms with Gasteiger partial charge in [-0.1, -0.05) is 40.2 Å². The predicted molar refractivity (Wildman–Crippen MR) is 89.7 cm³/mol. The Balaban J connectivity index is 1.82. The number of hydrogen-bond acceptors (Lipinski definition) is 2. The fourth-order valence-corrected chi connectivity index (χ4v) is 2.97. The fraction of sp³-hybridized carbons (Fsp3) is 0.235. The first kappa shape index (κ1) is 14.1. The van der Waals surface area contributed by atoms with Gasteiger partial charge in [0.2, 0.25) is 5.91 Å². The minimum Gasteiger partial charge on any atom is -0.373 e. The number of halogens is 1. The molecule has 1 aliphatic rings. The molecule has 108 valence electrons. The Morgan fingerprint density at radius 1 is 1.19 bits per heavy atom. The Kier molecular flexibility index (Phi) is 3.97. The van der Waals surface area contributed by atoms with Crippen LogP contribution in [-0.2, 0) is 11.2 Å². The molecule has 1 heterocycles. The largest absolute Gasteiger partial charge is 0.373 e. The summed E-state index contributed by atoms with van der Waals surface area (Å²) in [6.07, 6.45) is 1.68. The maximum Gasteiger partial charge on any atom is 0.246 e. The number of amides is 1. The Morgan fingerprint density at radius 3 is 2.86 bits per heavy atom. The molecule has 21 heavy (non-hydrogen) atoms. The highest BCUT2D eigenvalue weighted by molar-refractivity contribution is 9.10. The third kappa shape index (κ3) is 2.95. The molecule has 0 aromatic heterocycles. The van der Waals surface area contributed by atoms with Crippen LogP contribution in [0.5, 0.6) is 0 Å². The van der Waals surface area contributed by atoms with Gasteiger partial charge in [-0.15, -0.1) is 0 Å². The van der Waals surface area contributed by atoms with Crippen LogP contribution < -0.4 is 10.6 Å². The van der Waals surface area contributed by atoms with Crippen LogP contribution in [0, 0.1) is 6.92 Å². The summed E-state index contributed by atoms with van der Waals surface area (Å²) in [4.78, 5) is 12.4. The van der Waals surface area contributed by atoms with Gasteiger partial charge >= 0.3 is 0 Å². The summed E-state index contributed by atoms with van der Waals surface area (Å²) in [5.74, 6) is 0.0272. The molecule has 3 nitrogen and oxygen atoms in total. The van der Waals surface area contributed by atoms with E-state index in [2.05, 4.69) is 32.6 Å². The molecular formula is C17H17BrN2O. The predicted octanol–water partition coefficient (Wildman–Crippen LogP) is 4.12. The second-order valence-electron chi connectivity index (χ2n) is 5.29. The number of rotatable bonds is 2. The van der Waals surface area contributed by atoms with E-state index < -0.39 is 0 Å². The van der Waals surface area contributed by atoms with Crippen LogP contribution in [0.2, 0.25) is 0 Å². The molecule has 0 saturated carbocycles. The average Bonchev–Trinajstić information content (AvgIpc) is 2.63. The molecule has 0 bridgehead atoms. The molecule has 0 fully saturated rings. The summed E-state index contributed by atoms with van der Waals surface area (Å²) in [7, 11) is 0. The van der Waals surface area contributed by atoms with Crippen LogP contribution in [0.25, 0.3) is 0 Å². The normalized spacial score (nSPS) is 17.6. The Labute approximate surface area is 132 Å². The van der Waals surface area contributed by atoms with Crippen molar-refractivity contribution in [2.45, 2.75) is 25.8 Å². The summed E-state index contributed by atoms with van der Waals surface area (Å²) in [5.41, 5.74) is 4.24. The van der Waals surface area contributed by atoms with Crippen LogP contribution in [0.1, 0.15) is 17.5 Å². The van der Waals surface area contributed by atoms with E-state index in [0.29, 0.717) is 0 Å². The summed E-state index contributed by atoms with van der Waals surface area (Å²) in [6, 6.07) is 13.8. The van der Waals surface area contributed by atoms with Crippen molar-refractivity contribution in [3.05, 3.63) is 58.1 Å². The number of carbonyl (C=O) groups excluding carboxylic acids is 1. The first-order valence-corrected chi connectivity index (χ1v) is 7.85. The van der Waals surface area contributed by atoms with Crippen LogP contribution in [0.15, 0.2) is 46.9 Å². The first-order valence-electron chi connectivity index (χ1n) is 7.05. The van der Waals surface area contributed by atoms with E-state index in [1.54, 1.807) is 0 Å². The molecule has 4 heteroatoms. The van der Waals surface area contributed by atoms with Crippen molar-refractivity contribution >= 4 is 33.2 Å². The van der Waals surface area contributed by atoms with Gasteiger partial charge in [-0.25, -0.2) is 0 Å². The second kappa shape index (κ2) is 5.90. The number of fused-ring (bicyclic) bond motifs is 1. The molecule has 0 spiro atoms. The zero-order valence-electron chi connectivity index (χ0n) is 11.8. The van der Waals surface area contributed by atoms with E-state index in [1.165, 1.54) is 5.56 Å². The minimum atomic E-state index is -0.217. The van der Waals surface area contributed by atoms with Crippen LogP contribution in [0.4, 0.5) is 11.4 Å². The molecule has 0 radical (unpaired) electrons. The quantitative estimate of drug-likeness (QED) is 0.860. The fourth-order valence-electron chi connectivity index (χ4n) is 2.60. The van der Waals surface area contributed by atoms with Gasteiger partial charge in [-0.2, -0.15) is 0 Å². The minimum absolute atomic E-state index is 0.0272.